The van der Waals surface area contributed by atoms with E-state index in [1.165, 1.54) is 44.2 Å². The molecule has 0 heterocycles. The van der Waals surface area contributed by atoms with E-state index in [9.17, 15) is 0 Å². The maximum absolute atomic E-state index is 5.66. The molecule has 0 fully saturated rings. The summed E-state index contributed by atoms with van der Waals surface area (Å²) in [6.45, 7) is 3.24. The fraction of sp³-hybridized carbons (Fsp3) is 0.739. The lowest BCUT2D eigenvalue weighted by molar-refractivity contribution is -0.380. The highest BCUT2D eigenvalue weighted by Gasteiger charge is 2.39. The van der Waals surface area contributed by atoms with Crippen LogP contribution in [0.4, 0.5) is 5.69 Å². The number of anilines is 1. The van der Waals surface area contributed by atoms with Crippen LogP contribution >= 0.6 is 0 Å². The Morgan fingerprint density at radius 3 is 1.93 bits per heavy atom. The van der Waals surface area contributed by atoms with Crippen molar-refractivity contribution in [2.24, 2.45) is 5.92 Å². The second-order valence-electron chi connectivity index (χ2n) is 7.26. The molecule has 156 valence electrons. The molecule has 0 amide bonds. The van der Waals surface area contributed by atoms with Crippen LogP contribution < -0.4 is 5.32 Å². The van der Waals surface area contributed by atoms with E-state index in [1.807, 2.05) is 6.07 Å². The highest BCUT2D eigenvalue weighted by Crippen LogP contribution is 2.32. The predicted molar refractivity (Wildman–Crippen MR) is 114 cm³/mol. The van der Waals surface area contributed by atoms with Crippen LogP contribution in [0.15, 0.2) is 30.3 Å². The van der Waals surface area contributed by atoms with Gasteiger partial charge in [-0.05, 0) is 31.4 Å². The molecular formula is C23H41NO3. The Morgan fingerprint density at radius 2 is 1.33 bits per heavy atom. The van der Waals surface area contributed by atoms with Gasteiger partial charge in [0.25, 0.3) is 5.97 Å². The molecule has 1 rings (SSSR count). The van der Waals surface area contributed by atoms with E-state index < -0.39 is 5.97 Å². The molecule has 0 aliphatic heterocycles. The zero-order chi connectivity index (χ0) is 19.8. The molecule has 1 unspecified atom stereocenters. The maximum Gasteiger partial charge on any atom is 0.285 e. The summed E-state index contributed by atoms with van der Waals surface area (Å²) >= 11 is 0. The third-order valence-corrected chi connectivity index (χ3v) is 5.34. The first kappa shape index (κ1) is 23.9. The van der Waals surface area contributed by atoms with Crippen LogP contribution in [0.25, 0.3) is 0 Å². The van der Waals surface area contributed by atoms with Gasteiger partial charge in [0.2, 0.25) is 0 Å². The standard InChI is InChI=1S/C23H41NO3/c1-5-6-7-8-9-11-16-21(23(25-2,26-3)27-4)17-14-15-20-24-22-18-12-10-13-19-22/h10,12-13,18-19,21,24H,5-9,11,14-17,20H2,1-4H3. The van der Waals surface area contributed by atoms with E-state index in [4.69, 9.17) is 14.2 Å². The van der Waals surface area contributed by atoms with E-state index >= 15 is 0 Å². The third kappa shape index (κ3) is 9.09. The smallest absolute Gasteiger partial charge is 0.285 e. The number of hydrogen-bond acceptors (Lipinski definition) is 4. The van der Waals surface area contributed by atoms with Crippen molar-refractivity contribution in [1.29, 1.82) is 0 Å². The first-order valence-corrected chi connectivity index (χ1v) is 10.7. The molecule has 1 atom stereocenters. The molecule has 1 N–H and O–H groups in total. The SMILES string of the molecule is CCCCCCCCC(CCCCNc1ccccc1)C(OC)(OC)OC. The fourth-order valence-corrected chi connectivity index (χ4v) is 3.72. The van der Waals surface area contributed by atoms with Crippen LogP contribution in [0.2, 0.25) is 0 Å². The molecule has 1 aromatic rings. The third-order valence-electron chi connectivity index (χ3n) is 5.34. The molecule has 0 aliphatic carbocycles. The minimum absolute atomic E-state index is 0.250. The summed E-state index contributed by atoms with van der Waals surface area (Å²) in [6.07, 6.45) is 12.1. The van der Waals surface area contributed by atoms with Gasteiger partial charge in [-0.25, -0.2) is 0 Å². The Kier molecular flexibility index (Phi) is 13.2. The monoisotopic (exact) mass is 379 g/mol. The number of para-hydroxylation sites is 1. The van der Waals surface area contributed by atoms with Gasteiger partial charge < -0.3 is 19.5 Å². The summed E-state index contributed by atoms with van der Waals surface area (Å²) in [5.74, 6) is -0.670. The molecule has 4 nitrogen and oxygen atoms in total. The molecule has 4 heteroatoms. The summed E-state index contributed by atoms with van der Waals surface area (Å²) in [4.78, 5) is 0. The van der Waals surface area contributed by atoms with Gasteiger partial charge in [-0.3, -0.25) is 0 Å². The van der Waals surface area contributed by atoms with E-state index in [1.54, 1.807) is 21.3 Å². The van der Waals surface area contributed by atoms with Crippen LogP contribution in [0, 0.1) is 5.92 Å². The molecule has 0 aromatic heterocycles. The Hall–Kier alpha value is -1.10. The summed E-state index contributed by atoms with van der Waals surface area (Å²) in [7, 11) is 5.04. The molecule has 0 bridgehead atoms. The Bertz CT molecular complexity index is 440. The second-order valence-corrected chi connectivity index (χ2v) is 7.26. The van der Waals surface area contributed by atoms with Crippen LogP contribution in [0.1, 0.15) is 71.1 Å². The molecular weight excluding hydrogens is 338 g/mol. The van der Waals surface area contributed by atoms with E-state index in [-0.39, 0.29) is 5.92 Å². The van der Waals surface area contributed by atoms with Crippen molar-refractivity contribution in [3.8, 4) is 0 Å². The number of methoxy groups -OCH3 is 3. The normalized spacial score (nSPS) is 12.9. The summed E-state index contributed by atoms with van der Waals surface area (Å²) in [5.41, 5.74) is 1.18. The van der Waals surface area contributed by atoms with E-state index in [0.717, 1.165) is 32.2 Å². The van der Waals surface area contributed by atoms with Gasteiger partial charge in [0.05, 0.1) is 0 Å². The van der Waals surface area contributed by atoms with E-state index in [2.05, 4.69) is 36.5 Å². The second kappa shape index (κ2) is 14.9. The van der Waals surface area contributed by atoms with Crippen molar-refractivity contribution < 1.29 is 14.2 Å². The highest BCUT2D eigenvalue weighted by atomic mass is 16.9. The van der Waals surface area contributed by atoms with Crippen LogP contribution in [-0.4, -0.2) is 33.8 Å². The quantitative estimate of drug-likeness (QED) is 0.257. The predicted octanol–water partition coefficient (Wildman–Crippen LogP) is 6.23. The van der Waals surface area contributed by atoms with Crippen molar-refractivity contribution in [1.82, 2.24) is 0 Å². The summed E-state index contributed by atoms with van der Waals surface area (Å²) in [6, 6.07) is 10.4. The molecule has 0 radical (unpaired) electrons. The van der Waals surface area contributed by atoms with Crippen LogP contribution in [-0.2, 0) is 14.2 Å². The van der Waals surface area contributed by atoms with Crippen molar-refractivity contribution in [3.05, 3.63) is 30.3 Å². The minimum Gasteiger partial charge on any atom is -0.385 e. The van der Waals surface area contributed by atoms with Gasteiger partial charge in [0, 0.05) is 39.5 Å². The maximum atomic E-state index is 5.66. The number of benzene rings is 1. The zero-order valence-electron chi connectivity index (χ0n) is 18.0. The molecule has 0 aliphatic rings. The first-order valence-electron chi connectivity index (χ1n) is 10.7. The lowest BCUT2D eigenvalue weighted by Gasteiger charge is -2.36. The lowest BCUT2D eigenvalue weighted by Crippen LogP contribution is -2.44. The summed E-state index contributed by atoms with van der Waals surface area (Å²) in [5, 5.41) is 3.48. The first-order chi connectivity index (χ1) is 13.2. The van der Waals surface area contributed by atoms with Crippen molar-refractivity contribution in [2.75, 3.05) is 33.2 Å². The number of unbranched alkanes of at least 4 members (excludes halogenated alkanes) is 6. The highest BCUT2D eigenvalue weighted by molar-refractivity contribution is 5.42. The number of ether oxygens (including phenoxy) is 3. The number of hydrogen-bond donors (Lipinski definition) is 1. The fourth-order valence-electron chi connectivity index (χ4n) is 3.72. The van der Waals surface area contributed by atoms with Crippen molar-refractivity contribution in [3.63, 3.8) is 0 Å². The topological polar surface area (TPSA) is 39.7 Å². The molecule has 0 saturated carbocycles. The zero-order valence-corrected chi connectivity index (χ0v) is 18.0. The number of rotatable bonds is 17. The van der Waals surface area contributed by atoms with Crippen molar-refractivity contribution in [2.45, 2.75) is 77.1 Å². The summed E-state index contributed by atoms with van der Waals surface area (Å²) < 4.78 is 17.0. The Morgan fingerprint density at radius 1 is 0.778 bits per heavy atom. The molecule has 0 spiro atoms. The van der Waals surface area contributed by atoms with Gasteiger partial charge >= 0.3 is 0 Å². The molecule has 27 heavy (non-hydrogen) atoms. The van der Waals surface area contributed by atoms with Crippen LogP contribution in [0.5, 0.6) is 0 Å². The molecule has 0 saturated heterocycles. The van der Waals surface area contributed by atoms with Crippen molar-refractivity contribution >= 4 is 5.69 Å². The van der Waals surface area contributed by atoms with Gasteiger partial charge in [-0.1, -0.05) is 70.1 Å². The van der Waals surface area contributed by atoms with Crippen LogP contribution in [0.3, 0.4) is 0 Å². The Balaban J connectivity index is 2.40. The Labute approximate surface area is 167 Å². The lowest BCUT2D eigenvalue weighted by atomic mass is 9.92. The van der Waals surface area contributed by atoms with Gasteiger partial charge in [0.15, 0.2) is 0 Å². The van der Waals surface area contributed by atoms with E-state index in [0.29, 0.717) is 0 Å². The minimum atomic E-state index is -0.920. The largest absolute Gasteiger partial charge is 0.385 e. The molecule has 1 aromatic carbocycles. The van der Waals surface area contributed by atoms with Gasteiger partial charge in [-0.2, -0.15) is 0 Å². The van der Waals surface area contributed by atoms with Gasteiger partial charge in [-0.15, -0.1) is 0 Å². The average Bonchev–Trinajstić information content (AvgIpc) is 2.72. The number of nitrogens with one attached hydrogen (secondary N) is 1. The average molecular weight is 380 g/mol. The van der Waals surface area contributed by atoms with Gasteiger partial charge in [0.1, 0.15) is 0 Å².